The number of ether oxygens (including phenoxy) is 2. The van der Waals surface area contributed by atoms with Gasteiger partial charge < -0.3 is 20.1 Å². The van der Waals surface area contributed by atoms with Crippen molar-refractivity contribution in [3.8, 4) is 17.2 Å². The van der Waals surface area contributed by atoms with Crippen LogP contribution in [0.5, 0.6) is 17.2 Å². The van der Waals surface area contributed by atoms with Crippen molar-refractivity contribution in [2.45, 2.75) is 26.3 Å². The van der Waals surface area contributed by atoms with Gasteiger partial charge in [0.1, 0.15) is 17.2 Å². The molecule has 0 bridgehead atoms. The summed E-state index contributed by atoms with van der Waals surface area (Å²) in [7, 11) is 0. The molecule has 0 spiro atoms. The summed E-state index contributed by atoms with van der Waals surface area (Å²) in [5.41, 5.74) is 2.83. The van der Waals surface area contributed by atoms with E-state index in [2.05, 4.69) is 10.6 Å². The number of aryl methyl sites for hydroxylation is 1. The molecule has 32 heavy (non-hydrogen) atoms. The Morgan fingerprint density at radius 1 is 0.906 bits per heavy atom. The third-order valence-corrected chi connectivity index (χ3v) is 5.08. The topological polar surface area (TPSA) is 76.7 Å². The number of anilines is 1. The largest absolute Gasteiger partial charge is 0.484 e. The predicted molar refractivity (Wildman–Crippen MR) is 123 cm³/mol. The molecule has 0 radical (unpaired) electrons. The normalized spacial score (nSPS) is 12.7. The number of carbonyl (C=O) groups is 2. The minimum absolute atomic E-state index is 0.0647. The van der Waals surface area contributed by atoms with Crippen LogP contribution in [0.3, 0.4) is 0 Å². The Bertz CT molecular complexity index is 1070. The highest BCUT2D eigenvalue weighted by Gasteiger charge is 2.29. The van der Waals surface area contributed by atoms with Crippen LogP contribution in [0.2, 0.25) is 0 Å². The number of hydrogen-bond donors (Lipinski definition) is 2. The molecule has 6 nitrogen and oxygen atoms in total. The van der Waals surface area contributed by atoms with Crippen molar-refractivity contribution >= 4 is 17.5 Å². The number of amides is 2. The Morgan fingerprint density at radius 2 is 1.56 bits per heavy atom. The van der Waals surface area contributed by atoms with E-state index >= 15 is 0 Å². The van der Waals surface area contributed by atoms with Crippen molar-refractivity contribution < 1.29 is 19.1 Å². The standard InChI is InChI=1S/C26H26N2O4/c1-18-5-9-23(10-6-18)32-24-13-11-22(12-14-24)31-17-25(29)27-16-19-3-2-4-21(15-19)28-26(30)20-7-8-20/h2-6,9-15,20H,7-8,16-17H2,1H3,(H,27,29)(H,28,30). The summed E-state index contributed by atoms with van der Waals surface area (Å²) in [5, 5.41) is 5.75. The molecule has 3 aromatic rings. The first-order chi connectivity index (χ1) is 15.5. The van der Waals surface area contributed by atoms with E-state index < -0.39 is 0 Å². The van der Waals surface area contributed by atoms with E-state index in [1.807, 2.05) is 55.5 Å². The quantitative estimate of drug-likeness (QED) is 0.510. The summed E-state index contributed by atoms with van der Waals surface area (Å²) in [4.78, 5) is 24.0. The van der Waals surface area contributed by atoms with Crippen molar-refractivity contribution in [3.63, 3.8) is 0 Å². The number of rotatable bonds is 9. The van der Waals surface area contributed by atoms with Gasteiger partial charge in [0.2, 0.25) is 5.91 Å². The lowest BCUT2D eigenvalue weighted by atomic mass is 10.2. The summed E-state index contributed by atoms with van der Waals surface area (Å²) in [6.07, 6.45) is 1.92. The third kappa shape index (κ3) is 6.35. The van der Waals surface area contributed by atoms with E-state index in [1.165, 1.54) is 5.56 Å². The molecule has 4 rings (SSSR count). The molecule has 0 atom stereocenters. The van der Waals surface area contributed by atoms with E-state index in [1.54, 1.807) is 24.3 Å². The van der Waals surface area contributed by atoms with Gasteiger partial charge in [-0.15, -0.1) is 0 Å². The van der Waals surface area contributed by atoms with Gasteiger partial charge in [-0.1, -0.05) is 29.8 Å². The third-order valence-electron chi connectivity index (χ3n) is 5.08. The highest BCUT2D eigenvalue weighted by molar-refractivity contribution is 5.94. The van der Waals surface area contributed by atoms with E-state index in [0.29, 0.717) is 18.0 Å². The first-order valence-electron chi connectivity index (χ1n) is 10.7. The second-order valence-corrected chi connectivity index (χ2v) is 7.92. The fourth-order valence-corrected chi connectivity index (χ4v) is 3.10. The molecule has 0 aromatic heterocycles. The van der Waals surface area contributed by atoms with E-state index in [9.17, 15) is 9.59 Å². The van der Waals surface area contributed by atoms with Crippen LogP contribution >= 0.6 is 0 Å². The predicted octanol–water partition coefficient (Wildman–Crippen LogP) is 4.83. The molecule has 3 aromatic carbocycles. The van der Waals surface area contributed by atoms with Crippen LogP contribution in [-0.4, -0.2) is 18.4 Å². The second-order valence-electron chi connectivity index (χ2n) is 7.92. The maximum Gasteiger partial charge on any atom is 0.258 e. The van der Waals surface area contributed by atoms with E-state index in [4.69, 9.17) is 9.47 Å². The van der Waals surface area contributed by atoms with Crippen LogP contribution in [0.1, 0.15) is 24.0 Å². The van der Waals surface area contributed by atoms with E-state index in [-0.39, 0.29) is 24.3 Å². The average Bonchev–Trinajstić information content (AvgIpc) is 3.65. The summed E-state index contributed by atoms with van der Waals surface area (Å²) >= 11 is 0. The molecule has 2 N–H and O–H groups in total. The first-order valence-corrected chi connectivity index (χ1v) is 10.7. The molecular weight excluding hydrogens is 404 g/mol. The Morgan fingerprint density at radius 3 is 2.25 bits per heavy atom. The van der Waals surface area contributed by atoms with Crippen LogP contribution in [0.4, 0.5) is 5.69 Å². The summed E-state index contributed by atoms with van der Waals surface area (Å²) in [5.74, 6) is 2.03. The molecule has 0 heterocycles. The van der Waals surface area contributed by atoms with Gasteiger partial charge in [-0.05, 0) is 73.9 Å². The van der Waals surface area contributed by atoms with Crippen molar-refractivity contribution in [1.82, 2.24) is 5.32 Å². The lowest BCUT2D eigenvalue weighted by Gasteiger charge is -2.10. The first kappa shape index (κ1) is 21.4. The molecule has 164 valence electrons. The molecule has 1 aliphatic rings. The van der Waals surface area contributed by atoms with Crippen LogP contribution in [-0.2, 0) is 16.1 Å². The lowest BCUT2D eigenvalue weighted by Crippen LogP contribution is -2.28. The molecule has 1 fully saturated rings. The van der Waals surface area contributed by atoms with Gasteiger partial charge in [-0.25, -0.2) is 0 Å². The fourth-order valence-electron chi connectivity index (χ4n) is 3.10. The van der Waals surface area contributed by atoms with Crippen LogP contribution in [0.15, 0.2) is 72.8 Å². The minimum atomic E-state index is -0.225. The lowest BCUT2D eigenvalue weighted by molar-refractivity contribution is -0.123. The van der Waals surface area contributed by atoms with Gasteiger partial charge in [0.05, 0.1) is 0 Å². The molecular formula is C26H26N2O4. The van der Waals surface area contributed by atoms with Crippen molar-refractivity contribution in [1.29, 1.82) is 0 Å². The molecule has 6 heteroatoms. The Balaban J connectivity index is 1.21. The summed E-state index contributed by atoms with van der Waals surface area (Å²) in [6, 6.07) is 22.4. The second kappa shape index (κ2) is 10.0. The molecule has 2 amide bonds. The summed E-state index contributed by atoms with van der Waals surface area (Å²) < 4.78 is 11.4. The number of nitrogens with one attached hydrogen (secondary N) is 2. The Labute approximate surface area is 187 Å². The zero-order chi connectivity index (χ0) is 22.3. The van der Waals surface area contributed by atoms with Crippen LogP contribution < -0.4 is 20.1 Å². The number of carbonyl (C=O) groups excluding carboxylic acids is 2. The van der Waals surface area contributed by atoms with Crippen LogP contribution in [0, 0.1) is 12.8 Å². The zero-order valence-corrected chi connectivity index (χ0v) is 18.0. The van der Waals surface area contributed by atoms with Gasteiger partial charge in [0.15, 0.2) is 6.61 Å². The fraction of sp³-hybridized carbons (Fsp3) is 0.231. The average molecular weight is 431 g/mol. The smallest absolute Gasteiger partial charge is 0.258 e. The van der Waals surface area contributed by atoms with Crippen molar-refractivity contribution in [2.24, 2.45) is 5.92 Å². The Kier molecular flexibility index (Phi) is 6.70. The molecule has 0 aliphatic heterocycles. The van der Waals surface area contributed by atoms with Crippen LogP contribution in [0.25, 0.3) is 0 Å². The van der Waals surface area contributed by atoms with Crippen molar-refractivity contribution in [3.05, 3.63) is 83.9 Å². The zero-order valence-electron chi connectivity index (χ0n) is 18.0. The van der Waals surface area contributed by atoms with Gasteiger partial charge in [0.25, 0.3) is 5.91 Å². The molecule has 0 saturated heterocycles. The molecule has 1 saturated carbocycles. The minimum Gasteiger partial charge on any atom is -0.484 e. The van der Waals surface area contributed by atoms with Gasteiger partial charge in [0, 0.05) is 18.2 Å². The van der Waals surface area contributed by atoms with Gasteiger partial charge in [-0.3, -0.25) is 9.59 Å². The number of hydrogen-bond acceptors (Lipinski definition) is 4. The maximum atomic E-state index is 12.2. The Hall–Kier alpha value is -3.80. The van der Waals surface area contributed by atoms with Gasteiger partial charge in [-0.2, -0.15) is 0 Å². The van der Waals surface area contributed by atoms with E-state index in [0.717, 1.165) is 29.8 Å². The summed E-state index contributed by atoms with van der Waals surface area (Å²) in [6.45, 7) is 2.30. The monoisotopic (exact) mass is 430 g/mol. The number of benzene rings is 3. The highest BCUT2D eigenvalue weighted by Crippen LogP contribution is 2.30. The maximum absolute atomic E-state index is 12.2. The molecule has 1 aliphatic carbocycles. The highest BCUT2D eigenvalue weighted by atomic mass is 16.5. The van der Waals surface area contributed by atoms with Crippen molar-refractivity contribution in [2.75, 3.05) is 11.9 Å². The van der Waals surface area contributed by atoms with Gasteiger partial charge >= 0.3 is 0 Å². The SMILES string of the molecule is Cc1ccc(Oc2ccc(OCC(=O)NCc3cccc(NC(=O)C4CC4)c3)cc2)cc1. The molecule has 0 unspecified atom stereocenters.